The lowest BCUT2D eigenvalue weighted by molar-refractivity contribution is -0.150. The molecule has 0 amide bonds. The highest BCUT2D eigenvalue weighted by molar-refractivity contribution is 5.92. The number of rotatable bonds is 5. The highest BCUT2D eigenvalue weighted by Gasteiger charge is 2.54. The van der Waals surface area contributed by atoms with Crippen LogP contribution in [0.5, 0.6) is 0 Å². The molecule has 0 N–H and O–H groups in total. The van der Waals surface area contributed by atoms with Crippen LogP contribution < -0.4 is 0 Å². The van der Waals surface area contributed by atoms with Crippen LogP contribution >= 0.6 is 0 Å². The van der Waals surface area contributed by atoms with E-state index in [-0.39, 0.29) is 34.7 Å². The zero-order valence-corrected chi connectivity index (χ0v) is 15.0. The largest absolute Gasteiger partial charge is 0.493 e. The van der Waals surface area contributed by atoms with Crippen LogP contribution in [0.25, 0.3) is 0 Å². The molecule has 26 heavy (non-hydrogen) atoms. The van der Waals surface area contributed by atoms with Crippen molar-refractivity contribution in [2.24, 2.45) is 5.92 Å². The standard InChI is InChI=1S/C18H20O8/c1-21-12-11(25-16(19)13(12)22-2)9-10-7-5-6-8-18(10)15(24-4)14(23-3)17(20)26-18/h6,8-10H,5,7H2,1-4H3/t10-,18+/m1/s1. The van der Waals surface area contributed by atoms with Crippen LogP contribution in [0.1, 0.15) is 12.8 Å². The molecule has 0 unspecified atom stereocenters. The van der Waals surface area contributed by atoms with Crippen molar-refractivity contribution < 1.29 is 38.0 Å². The number of allylic oxidation sites excluding steroid dienone is 1. The number of ether oxygens (including phenoxy) is 6. The van der Waals surface area contributed by atoms with Crippen molar-refractivity contribution in [1.29, 1.82) is 0 Å². The molecule has 3 aliphatic rings. The van der Waals surface area contributed by atoms with Crippen molar-refractivity contribution in [1.82, 2.24) is 0 Å². The molecule has 8 nitrogen and oxygen atoms in total. The number of hydrogen-bond donors (Lipinski definition) is 0. The Morgan fingerprint density at radius 1 is 1.00 bits per heavy atom. The minimum Gasteiger partial charge on any atom is -0.493 e. The second-order valence-corrected chi connectivity index (χ2v) is 5.82. The highest BCUT2D eigenvalue weighted by Crippen LogP contribution is 2.46. The normalized spacial score (nSPS) is 29.4. The molecule has 2 heterocycles. The highest BCUT2D eigenvalue weighted by atomic mass is 16.6. The second kappa shape index (κ2) is 6.78. The fourth-order valence-electron chi connectivity index (χ4n) is 3.44. The Bertz CT molecular complexity index is 757. The third-order valence-corrected chi connectivity index (χ3v) is 4.56. The van der Waals surface area contributed by atoms with Gasteiger partial charge >= 0.3 is 11.9 Å². The van der Waals surface area contributed by atoms with Gasteiger partial charge in [0.05, 0.1) is 28.4 Å². The number of methoxy groups -OCH3 is 4. The van der Waals surface area contributed by atoms with Crippen LogP contribution in [-0.2, 0) is 38.0 Å². The van der Waals surface area contributed by atoms with Crippen molar-refractivity contribution in [3.63, 3.8) is 0 Å². The third-order valence-electron chi connectivity index (χ3n) is 4.56. The Balaban J connectivity index is 2.07. The lowest BCUT2D eigenvalue weighted by Crippen LogP contribution is -2.40. The molecule has 0 aromatic carbocycles. The Labute approximate surface area is 150 Å². The molecule has 2 atom stereocenters. The third kappa shape index (κ3) is 2.53. The van der Waals surface area contributed by atoms with Crippen LogP contribution in [0.4, 0.5) is 0 Å². The summed E-state index contributed by atoms with van der Waals surface area (Å²) >= 11 is 0. The van der Waals surface area contributed by atoms with Gasteiger partial charge in [-0.2, -0.15) is 0 Å². The van der Waals surface area contributed by atoms with Gasteiger partial charge in [-0.3, -0.25) is 0 Å². The lowest BCUT2D eigenvalue weighted by Gasteiger charge is -2.35. The summed E-state index contributed by atoms with van der Waals surface area (Å²) in [5.74, 6) is -0.908. The van der Waals surface area contributed by atoms with Gasteiger partial charge in [-0.25, -0.2) is 9.59 Å². The summed E-state index contributed by atoms with van der Waals surface area (Å²) in [5.41, 5.74) is -1.16. The SMILES string of the molecule is COC1=C(OC)C(=C[C@H]2CCC=C[C@]23OC(=O)C(OC)=C3OC)OC1=O. The maximum Gasteiger partial charge on any atom is 0.383 e. The molecule has 0 aromatic rings. The second-order valence-electron chi connectivity index (χ2n) is 5.82. The first-order chi connectivity index (χ1) is 12.5. The number of carbonyl (C=O) groups is 2. The summed E-state index contributed by atoms with van der Waals surface area (Å²) < 4.78 is 31.8. The molecular weight excluding hydrogens is 344 g/mol. The first-order valence-corrected chi connectivity index (χ1v) is 8.02. The Morgan fingerprint density at radius 2 is 1.69 bits per heavy atom. The zero-order valence-electron chi connectivity index (χ0n) is 15.0. The monoisotopic (exact) mass is 364 g/mol. The summed E-state index contributed by atoms with van der Waals surface area (Å²) in [6.07, 6.45) is 6.76. The average molecular weight is 364 g/mol. The van der Waals surface area contributed by atoms with E-state index in [1.54, 1.807) is 12.2 Å². The van der Waals surface area contributed by atoms with Crippen LogP contribution in [0.3, 0.4) is 0 Å². The van der Waals surface area contributed by atoms with Gasteiger partial charge in [-0.1, -0.05) is 6.08 Å². The van der Waals surface area contributed by atoms with E-state index in [9.17, 15) is 9.59 Å². The van der Waals surface area contributed by atoms with E-state index in [1.165, 1.54) is 28.4 Å². The maximum absolute atomic E-state index is 12.2. The van der Waals surface area contributed by atoms with Gasteiger partial charge in [-0.15, -0.1) is 0 Å². The van der Waals surface area contributed by atoms with Gasteiger partial charge in [0.1, 0.15) is 0 Å². The number of carbonyl (C=O) groups excluding carboxylic acids is 2. The first-order valence-electron chi connectivity index (χ1n) is 8.02. The van der Waals surface area contributed by atoms with Crippen LogP contribution in [0.15, 0.2) is 47.0 Å². The van der Waals surface area contributed by atoms with Gasteiger partial charge < -0.3 is 28.4 Å². The van der Waals surface area contributed by atoms with E-state index in [1.807, 2.05) is 6.08 Å². The van der Waals surface area contributed by atoms with Gasteiger partial charge in [0.2, 0.25) is 11.5 Å². The number of cyclic esters (lactones) is 1. The van der Waals surface area contributed by atoms with Gasteiger partial charge in [0, 0.05) is 5.92 Å². The molecule has 1 spiro atoms. The predicted octanol–water partition coefficient (Wildman–Crippen LogP) is 1.70. The topological polar surface area (TPSA) is 89.5 Å². The molecule has 0 saturated heterocycles. The summed E-state index contributed by atoms with van der Waals surface area (Å²) in [7, 11) is 5.60. The van der Waals surface area contributed by atoms with E-state index in [0.29, 0.717) is 6.42 Å². The van der Waals surface area contributed by atoms with E-state index in [0.717, 1.165) is 6.42 Å². The molecule has 0 aromatic heterocycles. The summed E-state index contributed by atoms with van der Waals surface area (Å²) in [6.45, 7) is 0. The quantitative estimate of drug-likeness (QED) is 0.538. The lowest BCUT2D eigenvalue weighted by atomic mass is 9.78. The van der Waals surface area contributed by atoms with Crippen molar-refractivity contribution >= 4 is 11.9 Å². The minimum atomic E-state index is -1.16. The van der Waals surface area contributed by atoms with Crippen molar-refractivity contribution in [3.05, 3.63) is 47.0 Å². The summed E-state index contributed by atoms with van der Waals surface area (Å²) in [4.78, 5) is 24.2. The molecule has 1 aliphatic carbocycles. The Kier molecular flexibility index (Phi) is 4.67. The molecule has 140 valence electrons. The molecule has 2 aliphatic heterocycles. The van der Waals surface area contributed by atoms with Crippen LogP contribution in [-0.4, -0.2) is 46.0 Å². The van der Waals surface area contributed by atoms with Gasteiger partial charge in [0.25, 0.3) is 5.76 Å². The summed E-state index contributed by atoms with van der Waals surface area (Å²) in [5, 5.41) is 0. The molecule has 0 saturated carbocycles. The smallest absolute Gasteiger partial charge is 0.383 e. The minimum absolute atomic E-state index is 0.0114. The Hall–Kier alpha value is -2.90. The van der Waals surface area contributed by atoms with Crippen molar-refractivity contribution in [2.75, 3.05) is 28.4 Å². The summed E-state index contributed by atoms with van der Waals surface area (Å²) in [6, 6.07) is 0. The van der Waals surface area contributed by atoms with Crippen molar-refractivity contribution in [3.8, 4) is 0 Å². The van der Waals surface area contributed by atoms with E-state index in [2.05, 4.69) is 0 Å². The predicted molar refractivity (Wildman–Crippen MR) is 87.0 cm³/mol. The maximum atomic E-state index is 12.2. The van der Waals surface area contributed by atoms with Crippen LogP contribution in [0.2, 0.25) is 0 Å². The fourth-order valence-corrected chi connectivity index (χ4v) is 3.44. The fraction of sp³-hybridized carbons (Fsp3) is 0.444. The van der Waals surface area contributed by atoms with E-state index >= 15 is 0 Å². The first kappa shape index (κ1) is 17.9. The van der Waals surface area contributed by atoms with Gasteiger partial charge in [0.15, 0.2) is 17.1 Å². The molecule has 0 bridgehead atoms. The zero-order chi connectivity index (χ0) is 18.9. The molecule has 0 radical (unpaired) electrons. The molecule has 0 fully saturated rings. The van der Waals surface area contributed by atoms with E-state index in [4.69, 9.17) is 28.4 Å². The average Bonchev–Trinajstić information content (AvgIpc) is 3.09. The van der Waals surface area contributed by atoms with E-state index < -0.39 is 17.5 Å². The molecule has 3 rings (SSSR count). The molecule has 8 heteroatoms. The number of hydrogen-bond acceptors (Lipinski definition) is 8. The molecular formula is C18H20O8. The number of esters is 2. The Morgan fingerprint density at radius 3 is 2.31 bits per heavy atom. The van der Waals surface area contributed by atoms with Crippen LogP contribution in [0, 0.1) is 5.92 Å². The van der Waals surface area contributed by atoms with Crippen molar-refractivity contribution in [2.45, 2.75) is 18.4 Å². The van der Waals surface area contributed by atoms with Gasteiger partial charge in [-0.05, 0) is 25.0 Å².